The molecule has 0 N–H and O–H groups in total. The van der Waals surface area contributed by atoms with Crippen LogP contribution in [0.3, 0.4) is 0 Å². The summed E-state index contributed by atoms with van der Waals surface area (Å²) >= 11 is 0. The molecule has 2 aromatic carbocycles. The molecule has 0 aliphatic carbocycles. The van der Waals surface area contributed by atoms with E-state index in [-0.39, 0.29) is 11.4 Å². The molecule has 1 heterocycles. The first-order valence-electron chi connectivity index (χ1n) is 6.89. The number of aliphatic imine (C=N–C) groups is 1. The fraction of sp³-hybridized carbons (Fsp3) is 0.188. The summed E-state index contributed by atoms with van der Waals surface area (Å²) in [4.78, 5) is 16.9. The third kappa shape index (κ3) is 2.50. The van der Waals surface area contributed by atoms with E-state index in [1.807, 2.05) is 36.7 Å². The van der Waals surface area contributed by atoms with Crippen LogP contribution in [0.1, 0.15) is 0 Å². The lowest BCUT2D eigenvalue weighted by Crippen LogP contribution is -2.17. The van der Waals surface area contributed by atoms with Gasteiger partial charge in [-0.3, -0.25) is 15.1 Å². The molecule has 0 saturated carbocycles. The van der Waals surface area contributed by atoms with Crippen molar-refractivity contribution >= 4 is 17.7 Å². The summed E-state index contributed by atoms with van der Waals surface area (Å²) in [5.74, 6) is 0.281. The predicted octanol–water partition coefficient (Wildman–Crippen LogP) is 3.12. The van der Waals surface area contributed by atoms with Gasteiger partial charge in [0.15, 0.2) is 0 Å². The summed E-state index contributed by atoms with van der Waals surface area (Å²) in [6.45, 7) is 1.68. The normalized spacial score (nSPS) is 13.4. The van der Waals surface area contributed by atoms with Gasteiger partial charge in [0.1, 0.15) is 0 Å². The van der Waals surface area contributed by atoms with E-state index < -0.39 is 4.92 Å². The van der Waals surface area contributed by atoms with E-state index in [9.17, 15) is 10.1 Å². The van der Waals surface area contributed by atoms with Crippen LogP contribution in [0.5, 0.6) is 5.75 Å². The molecular weight excluding hydrogens is 282 g/mol. The summed E-state index contributed by atoms with van der Waals surface area (Å²) < 4.78 is 5.25. The van der Waals surface area contributed by atoms with Crippen molar-refractivity contribution in [3.63, 3.8) is 0 Å². The minimum atomic E-state index is -0.433. The smallest absolute Gasteiger partial charge is 0.311 e. The number of benzene rings is 2. The second kappa shape index (κ2) is 5.85. The molecule has 6 heteroatoms. The van der Waals surface area contributed by atoms with Crippen molar-refractivity contribution in [1.29, 1.82) is 0 Å². The van der Waals surface area contributed by atoms with Gasteiger partial charge < -0.3 is 9.64 Å². The summed E-state index contributed by atoms with van der Waals surface area (Å²) in [5.41, 5.74) is 2.60. The summed E-state index contributed by atoms with van der Waals surface area (Å²) in [6.07, 6.45) is 1.82. The number of hydrogen-bond donors (Lipinski definition) is 0. The molecule has 0 aromatic heterocycles. The molecule has 0 amide bonds. The lowest BCUT2D eigenvalue weighted by Gasteiger charge is -2.15. The number of methoxy groups -OCH3 is 1. The van der Waals surface area contributed by atoms with E-state index in [2.05, 4.69) is 9.89 Å². The number of nitrogens with zero attached hydrogens (tertiary/aromatic N) is 3. The average Bonchev–Trinajstić information content (AvgIpc) is 3.08. The average molecular weight is 297 g/mol. The summed E-state index contributed by atoms with van der Waals surface area (Å²) in [6, 6.07) is 12.7. The lowest BCUT2D eigenvalue weighted by molar-refractivity contribution is -0.385. The maximum Gasteiger partial charge on any atom is 0.311 e. The molecule has 22 heavy (non-hydrogen) atoms. The van der Waals surface area contributed by atoms with Gasteiger partial charge in [-0.2, -0.15) is 0 Å². The van der Waals surface area contributed by atoms with Crippen LogP contribution in [0.15, 0.2) is 47.5 Å². The number of anilines is 1. The fourth-order valence-corrected chi connectivity index (χ4v) is 2.52. The van der Waals surface area contributed by atoms with E-state index >= 15 is 0 Å². The molecular formula is C16H15N3O3. The SMILES string of the molecule is COc1c(-c2ccc(N3C=NCC3)cc2)cccc1[N+](=O)[O-]. The van der Waals surface area contributed by atoms with Gasteiger partial charge in [-0.1, -0.05) is 24.3 Å². The first-order valence-corrected chi connectivity index (χ1v) is 6.89. The highest BCUT2D eigenvalue weighted by atomic mass is 16.6. The maximum atomic E-state index is 11.1. The van der Waals surface area contributed by atoms with E-state index in [0.717, 1.165) is 24.3 Å². The Morgan fingerprint density at radius 3 is 2.59 bits per heavy atom. The Bertz CT molecular complexity index is 726. The first-order chi connectivity index (χ1) is 10.7. The number of nitro groups is 1. The molecule has 3 rings (SSSR count). The molecule has 2 aromatic rings. The van der Waals surface area contributed by atoms with Gasteiger partial charge in [-0.25, -0.2) is 0 Å². The van der Waals surface area contributed by atoms with E-state index in [0.29, 0.717) is 5.56 Å². The molecule has 0 unspecified atom stereocenters. The third-order valence-corrected chi connectivity index (χ3v) is 3.60. The predicted molar refractivity (Wildman–Crippen MR) is 85.8 cm³/mol. The van der Waals surface area contributed by atoms with Crippen molar-refractivity contribution in [2.24, 2.45) is 4.99 Å². The molecule has 0 fully saturated rings. The van der Waals surface area contributed by atoms with E-state index in [4.69, 9.17) is 4.74 Å². The lowest BCUT2D eigenvalue weighted by atomic mass is 10.0. The first kappa shape index (κ1) is 14.1. The molecule has 0 saturated heterocycles. The quantitative estimate of drug-likeness (QED) is 0.642. The number of ether oxygens (including phenoxy) is 1. The maximum absolute atomic E-state index is 11.1. The number of hydrogen-bond acceptors (Lipinski definition) is 5. The Morgan fingerprint density at radius 2 is 2.00 bits per heavy atom. The van der Waals surface area contributed by atoms with E-state index in [1.165, 1.54) is 13.2 Å². The highest BCUT2D eigenvalue weighted by molar-refractivity contribution is 5.83. The monoisotopic (exact) mass is 297 g/mol. The molecule has 112 valence electrons. The Labute approximate surface area is 127 Å². The Hall–Kier alpha value is -2.89. The van der Waals surface area contributed by atoms with Crippen LogP contribution >= 0.6 is 0 Å². The topological polar surface area (TPSA) is 68.0 Å². The molecule has 1 aliphatic rings. The Balaban J connectivity index is 1.99. The zero-order valence-corrected chi connectivity index (χ0v) is 12.1. The van der Waals surface area contributed by atoms with Crippen LogP contribution in [0, 0.1) is 10.1 Å². The second-order valence-corrected chi connectivity index (χ2v) is 4.88. The highest BCUT2D eigenvalue weighted by Gasteiger charge is 2.19. The third-order valence-electron chi connectivity index (χ3n) is 3.60. The van der Waals surface area contributed by atoms with Gasteiger partial charge in [-0.15, -0.1) is 0 Å². The molecule has 0 radical (unpaired) electrons. The van der Waals surface area contributed by atoms with Crippen LogP contribution in [-0.2, 0) is 0 Å². The minimum Gasteiger partial charge on any atom is -0.490 e. The second-order valence-electron chi connectivity index (χ2n) is 4.88. The van der Waals surface area contributed by atoms with Gasteiger partial charge in [-0.05, 0) is 17.7 Å². The number of nitro benzene ring substituents is 1. The van der Waals surface area contributed by atoms with Gasteiger partial charge in [0.05, 0.1) is 24.9 Å². The van der Waals surface area contributed by atoms with Crippen LogP contribution < -0.4 is 9.64 Å². The zero-order chi connectivity index (χ0) is 15.5. The molecule has 0 atom stereocenters. The van der Waals surface area contributed by atoms with Gasteiger partial charge in [0.25, 0.3) is 0 Å². The number of rotatable bonds is 4. The Morgan fingerprint density at radius 1 is 1.23 bits per heavy atom. The fourth-order valence-electron chi connectivity index (χ4n) is 2.52. The molecule has 0 spiro atoms. The molecule has 6 nitrogen and oxygen atoms in total. The minimum absolute atomic E-state index is 0.0317. The van der Waals surface area contributed by atoms with Crippen LogP contribution in [0.25, 0.3) is 11.1 Å². The van der Waals surface area contributed by atoms with E-state index in [1.54, 1.807) is 6.07 Å². The summed E-state index contributed by atoms with van der Waals surface area (Å²) in [7, 11) is 1.45. The zero-order valence-electron chi connectivity index (χ0n) is 12.1. The largest absolute Gasteiger partial charge is 0.490 e. The molecule has 0 bridgehead atoms. The van der Waals surface area contributed by atoms with Gasteiger partial charge in [0.2, 0.25) is 5.75 Å². The highest BCUT2D eigenvalue weighted by Crippen LogP contribution is 2.38. The van der Waals surface area contributed by atoms with Gasteiger partial charge >= 0.3 is 5.69 Å². The van der Waals surface area contributed by atoms with Crippen molar-refractivity contribution in [1.82, 2.24) is 0 Å². The molecule has 1 aliphatic heterocycles. The summed E-state index contributed by atoms with van der Waals surface area (Å²) in [5, 5.41) is 11.1. The van der Waals surface area contributed by atoms with Crippen LogP contribution in [-0.4, -0.2) is 31.5 Å². The standard InChI is InChI=1S/C16H15N3O3/c1-22-16-14(3-2-4-15(16)19(20)21)12-5-7-13(8-6-12)18-10-9-17-11-18/h2-8,11H,9-10H2,1H3. The van der Waals surface area contributed by atoms with Crippen molar-refractivity contribution in [2.45, 2.75) is 0 Å². The van der Waals surface area contributed by atoms with Crippen LogP contribution in [0.4, 0.5) is 11.4 Å². The van der Waals surface area contributed by atoms with Gasteiger partial charge in [0, 0.05) is 23.9 Å². The van der Waals surface area contributed by atoms with Crippen LogP contribution in [0.2, 0.25) is 0 Å². The van der Waals surface area contributed by atoms with Crippen molar-refractivity contribution < 1.29 is 9.66 Å². The van der Waals surface area contributed by atoms with Crippen molar-refractivity contribution in [2.75, 3.05) is 25.1 Å². The van der Waals surface area contributed by atoms with Crippen molar-refractivity contribution in [3.05, 3.63) is 52.6 Å². The number of para-hydroxylation sites is 1. The van der Waals surface area contributed by atoms with Crippen molar-refractivity contribution in [3.8, 4) is 16.9 Å². The Kier molecular flexibility index (Phi) is 3.74.